The molecule has 100 valence electrons. The number of halogens is 1. The fourth-order valence-corrected chi connectivity index (χ4v) is 2.35. The number of oxazole rings is 1. The van der Waals surface area contributed by atoms with Gasteiger partial charge in [0.15, 0.2) is 5.58 Å². The molecule has 2 aromatic carbocycles. The van der Waals surface area contributed by atoms with Gasteiger partial charge in [0.05, 0.1) is 5.56 Å². The standard InChI is InChI=1S/C15H10BrNO3/c1-8-5-6-9(7-11(8)16)14-17-13-10(15(18)19)3-2-4-12(13)20-14/h2-7H,1H3,(H,18,19). The predicted molar refractivity (Wildman–Crippen MR) is 78.8 cm³/mol. The first-order chi connectivity index (χ1) is 9.56. The van der Waals surface area contributed by atoms with E-state index in [1.165, 1.54) is 6.07 Å². The molecule has 0 saturated carbocycles. The second kappa shape index (κ2) is 4.76. The van der Waals surface area contributed by atoms with Gasteiger partial charge in [0.25, 0.3) is 0 Å². The molecule has 0 fully saturated rings. The van der Waals surface area contributed by atoms with Gasteiger partial charge in [-0.25, -0.2) is 9.78 Å². The molecule has 0 atom stereocenters. The monoisotopic (exact) mass is 331 g/mol. The highest BCUT2D eigenvalue weighted by molar-refractivity contribution is 9.10. The summed E-state index contributed by atoms with van der Waals surface area (Å²) in [6.07, 6.45) is 0. The molecule has 1 N–H and O–H groups in total. The molecule has 1 heterocycles. The Kier molecular flexibility index (Phi) is 3.06. The molecule has 0 spiro atoms. The van der Waals surface area contributed by atoms with Crippen LogP contribution in [0.3, 0.4) is 0 Å². The van der Waals surface area contributed by atoms with Crippen molar-refractivity contribution in [3.8, 4) is 11.5 Å². The molecular weight excluding hydrogens is 322 g/mol. The molecule has 0 saturated heterocycles. The number of para-hydroxylation sites is 1. The summed E-state index contributed by atoms with van der Waals surface area (Å²) in [7, 11) is 0. The van der Waals surface area contributed by atoms with Crippen LogP contribution < -0.4 is 0 Å². The summed E-state index contributed by atoms with van der Waals surface area (Å²) in [5.41, 5.74) is 2.89. The number of rotatable bonds is 2. The van der Waals surface area contributed by atoms with Crippen LogP contribution in [0.15, 0.2) is 45.3 Å². The van der Waals surface area contributed by atoms with Crippen molar-refractivity contribution < 1.29 is 14.3 Å². The van der Waals surface area contributed by atoms with E-state index in [1.54, 1.807) is 12.1 Å². The minimum atomic E-state index is -1.01. The molecule has 0 bridgehead atoms. The first-order valence-corrected chi connectivity index (χ1v) is 6.75. The van der Waals surface area contributed by atoms with E-state index in [4.69, 9.17) is 9.52 Å². The zero-order chi connectivity index (χ0) is 14.3. The molecular formula is C15H10BrNO3. The number of aromatic carboxylic acids is 1. The zero-order valence-electron chi connectivity index (χ0n) is 10.6. The van der Waals surface area contributed by atoms with Crippen molar-refractivity contribution in [3.05, 3.63) is 52.0 Å². The lowest BCUT2D eigenvalue weighted by Crippen LogP contribution is -1.96. The van der Waals surface area contributed by atoms with Gasteiger partial charge in [-0.05, 0) is 36.8 Å². The van der Waals surface area contributed by atoms with Crippen LogP contribution in [0, 0.1) is 6.92 Å². The molecule has 0 aliphatic rings. The minimum absolute atomic E-state index is 0.142. The lowest BCUT2D eigenvalue weighted by molar-refractivity contribution is 0.0699. The van der Waals surface area contributed by atoms with Crippen LogP contribution in [0.2, 0.25) is 0 Å². The largest absolute Gasteiger partial charge is 0.478 e. The van der Waals surface area contributed by atoms with Crippen LogP contribution in [-0.4, -0.2) is 16.1 Å². The van der Waals surface area contributed by atoms with Crippen molar-refractivity contribution in [3.63, 3.8) is 0 Å². The maximum atomic E-state index is 11.2. The fourth-order valence-electron chi connectivity index (χ4n) is 1.97. The maximum absolute atomic E-state index is 11.2. The molecule has 0 radical (unpaired) electrons. The summed E-state index contributed by atoms with van der Waals surface area (Å²) in [5, 5.41) is 9.15. The van der Waals surface area contributed by atoms with E-state index < -0.39 is 5.97 Å². The van der Waals surface area contributed by atoms with Crippen molar-refractivity contribution in [1.29, 1.82) is 0 Å². The first kappa shape index (κ1) is 12.9. The average Bonchev–Trinajstić information content (AvgIpc) is 2.85. The van der Waals surface area contributed by atoms with Gasteiger partial charge < -0.3 is 9.52 Å². The quantitative estimate of drug-likeness (QED) is 0.761. The SMILES string of the molecule is Cc1ccc(-c2nc3c(C(=O)O)cccc3o2)cc1Br. The molecule has 1 aromatic heterocycles. The molecule has 20 heavy (non-hydrogen) atoms. The Bertz CT molecular complexity index is 823. The number of fused-ring (bicyclic) bond motifs is 1. The third-order valence-electron chi connectivity index (χ3n) is 3.07. The van der Waals surface area contributed by atoms with E-state index in [0.29, 0.717) is 17.0 Å². The molecule has 5 heteroatoms. The Labute approximate surface area is 123 Å². The lowest BCUT2D eigenvalue weighted by Gasteiger charge is -1.99. The van der Waals surface area contributed by atoms with E-state index in [1.807, 2.05) is 25.1 Å². The summed E-state index contributed by atoms with van der Waals surface area (Å²) in [6, 6.07) is 10.6. The topological polar surface area (TPSA) is 63.3 Å². The van der Waals surface area contributed by atoms with E-state index in [-0.39, 0.29) is 5.56 Å². The number of carbonyl (C=O) groups is 1. The molecule has 0 unspecified atom stereocenters. The fraction of sp³-hybridized carbons (Fsp3) is 0.0667. The van der Waals surface area contributed by atoms with Crippen LogP contribution in [0.25, 0.3) is 22.6 Å². The highest BCUT2D eigenvalue weighted by atomic mass is 79.9. The molecule has 0 aliphatic carbocycles. The first-order valence-electron chi connectivity index (χ1n) is 5.95. The summed E-state index contributed by atoms with van der Waals surface area (Å²) in [4.78, 5) is 15.5. The van der Waals surface area contributed by atoms with Gasteiger partial charge in [0.1, 0.15) is 5.52 Å². The summed E-state index contributed by atoms with van der Waals surface area (Å²) in [6.45, 7) is 1.99. The Balaban J connectivity index is 2.20. The molecule has 0 aliphatic heterocycles. The average molecular weight is 332 g/mol. The third-order valence-corrected chi connectivity index (χ3v) is 3.92. The number of benzene rings is 2. The van der Waals surface area contributed by atoms with Crippen molar-refractivity contribution in [2.75, 3.05) is 0 Å². The second-order valence-corrected chi connectivity index (χ2v) is 5.29. The van der Waals surface area contributed by atoms with E-state index >= 15 is 0 Å². The molecule has 3 aromatic rings. The van der Waals surface area contributed by atoms with Gasteiger partial charge in [-0.15, -0.1) is 0 Å². The van der Waals surface area contributed by atoms with Gasteiger partial charge in [0.2, 0.25) is 5.89 Å². The molecule has 3 rings (SSSR count). The predicted octanol–water partition coefficient (Wildman–Crippen LogP) is 4.26. The van der Waals surface area contributed by atoms with Gasteiger partial charge in [-0.1, -0.05) is 28.1 Å². The van der Waals surface area contributed by atoms with Crippen molar-refractivity contribution in [1.82, 2.24) is 4.98 Å². The third kappa shape index (κ3) is 2.10. The Morgan fingerprint density at radius 3 is 2.80 bits per heavy atom. The van der Waals surface area contributed by atoms with Gasteiger partial charge in [0, 0.05) is 10.0 Å². The number of hydrogen-bond acceptors (Lipinski definition) is 3. The zero-order valence-corrected chi connectivity index (χ0v) is 12.1. The van der Waals surface area contributed by atoms with Gasteiger partial charge >= 0.3 is 5.97 Å². The highest BCUT2D eigenvalue weighted by Crippen LogP contribution is 2.29. The number of carboxylic acid groups (broad SMARTS) is 1. The van der Waals surface area contributed by atoms with Crippen LogP contribution in [0.4, 0.5) is 0 Å². The normalized spacial score (nSPS) is 10.9. The van der Waals surface area contributed by atoms with E-state index in [0.717, 1.165) is 15.6 Å². The Hall–Kier alpha value is -2.14. The van der Waals surface area contributed by atoms with Crippen molar-refractivity contribution >= 4 is 33.0 Å². The van der Waals surface area contributed by atoms with Crippen LogP contribution in [-0.2, 0) is 0 Å². The van der Waals surface area contributed by atoms with Gasteiger partial charge in [-0.2, -0.15) is 0 Å². The number of carboxylic acids is 1. The minimum Gasteiger partial charge on any atom is -0.478 e. The molecule has 0 amide bonds. The number of hydrogen-bond donors (Lipinski definition) is 1. The van der Waals surface area contributed by atoms with Crippen molar-refractivity contribution in [2.24, 2.45) is 0 Å². The van der Waals surface area contributed by atoms with Crippen LogP contribution in [0.1, 0.15) is 15.9 Å². The van der Waals surface area contributed by atoms with E-state index in [2.05, 4.69) is 20.9 Å². The van der Waals surface area contributed by atoms with Gasteiger partial charge in [-0.3, -0.25) is 0 Å². The Morgan fingerprint density at radius 2 is 2.10 bits per heavy atom. The summed E-state index contributed by atoms with van der Waals surface area (Å²) in [5.74, 6) is -0.602. The number of aromatic nitrogens is 1. The lowest BCUT2D eigenvalue weighted by atomic mass is 10.1. The number of nitrogens with zero attached hydrogens (tertiary/aromatic N) is 1. The summed E-state index contributed by atoms with van der Waals surface area (Å²) < 4.78 is 6.60. The van der Waals surface area contributed by atoms with Crippen molar-refractivity contribution in [2.45, 2.75) is 6.92 Å². The Morgan fingerprint density at radius 1 is 1.30 bits per heavy atom. The highest BCUT2D eigenvalue weighted by Gasteiger charge is 2.15. The second-order valence-electron chi connectivity index (χ2n) is 4.44. The maximum Gasteiger partial charge on any atom is 0.338 e. The summed E-state index contributed by atoms with van der Waals surface area (Å²) >= 11 is 3.46. The van der Waals surface area contributed by atoms with E-state index in [9.17, 15) is 4.79 Å². The van der Waals surface area contributed by atoms with Crippen LogP contribution >= 0.6 is 15.9 Å². The molecule has 4 nitrogen and oxygen atoms in total. The number of aryl methyl sites for hydroxylation is 1. The smallest absolute Gasteiger partial charge is 0.338 e. The van der Waals surface area contributed by atoms with Crippen LogP contribution in [0.5, 0.6) is 0 Å².